The zero-order valence-corrected chi connectivity index (χ0v) is 11.6. The minimum absolute atomic E-state index is 0.215. The van der Waals surface area contributed by atoms with E-state index in [9.17, 15) is 4.79 Å². The second kappa shape index (κ2) is 7.70. The van der Waals surface area contributed by atoms with Crippen molar-refractivity contribution >= 4 is 5.91 Å². The summed E-state index contributed by atoms with van der Waals surface area (Å²) in [5, 5.41) is 6.56. The maximum atomic E-state index is 12.1. The van der Waals surface area contributed by atoms with Gasteiger partial charge in [0.1, 0.15) is 0 Å². The van der Waals surface area contributed by atoms with Gasteiger partial charge in [-0.3, -0.25) is 4.79 Å². The normalized spacial score (nSPS) is 23.4. The Labute approximate surface area is 106 Å². The molecule has 1 aliphatic rings. The van der Waals surface area contributed by atoms with E-state index in [1.807, 2.05) is 0 Å². The van der Waals surface area contributed by atoms with Crippen LogP contribution in [0.3, 0.4) is 0 Å². The molecule has 1 amide bonds. The fraction of sp³-hybridized carbons (Fsp3) is 0.929. The van der Waals surface area contributed by atoms with Crippen LogP contribution >= 0.6 is 0 Å². The third kappa shape index (κ3) is 4.66. The molecule has 0 aromatic carbocycles. The van der Waals surface area contributed by atoms with E-state index in [0.29, 0.717) is 12.0 Å². The fourth-order valence-corrected chi connectivity index (χ4v) is 2.53. The van der Waals surface area contributed by atoms with Gasteiger partial charge in [0.05, 0.1) is 0 Å². The molecule has 0 saturated carbocycles. The standard InChI is InChI=1S/C14H28N2O/c1-4-6-7-12(5-2)14(17)16-11(3)13-8-9-15-10-13/h11-13,15H,4-10H2,1-3H3,(H,16,17). The fourth-order valence-electron chi connectivity index (χ4n) is 2.53. The number of rotatable bonds is 7. The number of carbonyl (C=O) groups excluding carboxylic acids is 1. The lowest BCUT2D eigenvalue weighted by Gasteiger charge is -2.23. The maximum absolute atomic E-state index is 12.1. The number of hydrogen-bond acceptors (Lipinski definition) is 2. The van der Waals surface area contributed by atoms with Gasteiger partial charge < -0.3 is 10.6 Å². The van der Waals surface area contributed by atoms with E-state index in [4.69, 9.17) is 0 Å². The van der Waals surface area contributed by atoms with Crippen molar-refractivity contribution in [2.45, 2.75) is 58.9 Å². The van der Waals surface area contributed by atoms with Crippen molar-refractivity contribution in [1.29, 1.82) is 0 Å². The van der Waals surface area contributed by atoms with Gasteiger partial charge in [-0.15, -0.1) is 0 Å². The van der Waals surface area contributed by atoms with Crippen LogP contribution in [-0.2, 0) is 4.79 Å². The molecule has 0 aromatic heterocycles. The van der Waals surface area contributed by atoms with Crippen molar-refractivity contribution in [3.63, 3.8) is 0 Å². The minimum Gasteiger partial charge on any atom is -0.353 e. The van der Waals surface area contributed by atoms with Gasteiger partial charge in [0, 0.05) is 12.0 Å². The Morgan fingerprint density at radius 2 is 2.24 bits per heavy atom. The third-order valence-electron chi connectivity index (χ3n) is 3.95. The predicted molar refractivity (Wildman–Crippen MR) is 71.9 cm³/mol. The molecular weight excluding hydrogens is 212 g/mol. The SMILES string of the molecule is CCCCC(CC)C(=O)NC(C)C1CCNC1. The van der Waals surface area contributed by atoms with Crippen LogP contribution in [0.15, 0.2) is 0 Å². The summed E-state index contributed by atoms with van der Waals surface area (Å²) < 4.78 is 0. The van der Waals surface area contributed by atoms with E-state index in [2.05, 4.69) is 31.4 Å². The van der Waals surface area contributed by atoms with E-state index in [-0.39, 0.29) is 11.8 Å². The Kier molecular flexibility index (Phi) is 6.56. The van der Waals surface area contributed by atoms with E-state index in [0.717, 1.165) is 32.4 Å². The van der Waals surface area contributed by atoms with E-state index >= 15 is 0 Å². The molecule has 0 aliphatic carbocycles. The summed E-state index contributed by atoms with van der Waals surface area (Å²) >= 11 is 0. The quantitative estimate of drug-likeness (QED) is 0.717. The number of nitrogens with one attached hydrogen (secondary N) is 2. The molecule has 1 rings (SSSR count). The highest BCUT2D eigenvalue weighted by Gasteiger charge is 2.24. The van der Waals surface area contributed by atoms with Gasteiger partial charge in [0.2, 0.25) is 5.91 Å². The van der Waals surface area contributed by atoms with Crippen LogP contribution in [0.1, 0.15) is 52.9 Å². The van der Waals surface area contributed by atoms with Gasteiger partial charge in [-0.25, -0.2) is 0 Å². The zero-order valence-electron chi connectivity index (χ0n) is 11.6. The first-order valence-corrected chi connectivity index (χ1v) is 7.20. The average molecular weight is 240 g/mol. The predicted octanol–water partition coefficient (Wildman–Crippen LogP) is 2.32. The highest BCUT2D eigenvalue weighted by atomic mass is 16.1. The van der Waals surface area contributed by atoms with Crippen LogP contribution < -0.4 is 10.6 Å². The second-order valence-electron chi connectivity index (χ2n) is 5.30. The molecule has 0 bridgehead atoms. The lowest BCUT2D eigenvalue weighted by atomic mass is 9.96. The second-order valence-corrected chi connectivity index (χ2v) is 5.30. The highest BCUT2D eigenvalue weighted by Crippen LogP contribution is 2.16. The molecule has 0 aromatic rings. The van der Waals surface area contributed by atoms with Crippen molar-refractivity contribution < 1.29 is 4.79 Å². The van der Waals surface area contributed by atoms with Gasteiger partial charge in [-0.1, -0.05) is 26.7 Å². The van der Waals surface area contributed by atoms with Crippen LogP contribution in [0.4, 0.5) is 0 Å². The summed E-state index contributed by atoms with van der Waals surface area (Å²) in [6.45, 7) is 8.58. The Morgan fingerprint density at radius 3 is 2.76 bits per heavy atom. The summed E-state index contributed by atoms with van der Waals surface area (Å²) in [4.78, 5) is 12.1. The number of unbranched alkanes of at least 4 members (excludes halogenated alkanes) is 1. The molecule has 1 heterocycles. The Bertz CT molecular complexity index is 224. The summed E-state index contributed by atoms with van der Waals surface area (Å²) in [6.07, 6.45) is 5.51. The van der Waals surface area contributed by atoms with Crippen molar-refractivity contribution in [3.8, 4) is 0 Å². The third-order valence-corrected chi connectivity index (χ3v) is 3.95. The first-order valence-electron chi connectivity index (χ1n) is 7.20. The molecule has 100 valence electrons. The molecule has 3 unspecified atom stereocenters. The van der Waals surface area contributed by atoms with Gasteiger partial charge in [0.25, 0.3) is 0 Å². The smallest absolute Gasteiger partial charge is 0.223 e. The van der Waals surface area contributed by atoms with E-state index < -0.39 is 0 Å². The van der Waals surface area contributed by atoms with E-state index in [1.165, 1.54) is 12.8 Å². The topological polar surface area (TPSA) is 41.1 Å². The molecule has 1 saturated heterocycles. The molecule has 0 radical (unpaired) electrons. The van der Waals surface area contributed by atoms with Crippen LogP contribution in [-0.4, -0.2) is 25.0 Å². The summed E-state index contributed by atoms with van der Waals surface area (Å²) in [6, 6.07) is 0.313. The maximum Gasteiger partial charge on any atom is 0.223 e. The summed E-state index contributed by atoms with van der Waals surface area (Å²) in [5.41, 5.74) is 0. The van der Waals surface area contributed by atoms with Crippen LogP contribution in [0.5, 0.6) is 0 Å². The van der Waals surface area contributed by atoms with Crippen LogP contribution in [0.2, 0.25) is 0 Å². The highest BCUT2D eigenvalue weighted by molar-refractivity contribution is 5.78. The van der Waals surface area contributed by atoms with Gasteiger partial charge in [-0.05, 0) is 45.2 Å². The average Bonchev–Trinajstić information content (AvgIpc) is 2.83. The Hall–Kier alpha value is -0.570. The first kappa shape index (κ1) is 14.5. The molecule has 1 fully saturated rings. The van der Waals surface area contributed by atoms with Gasteiger partial charge >= 0.3 is 0 Å². The summed E-state index contributed by atoms with van der Waals surface area (Å²) in [7, 11) is 0. The molecule has 2 N–H and O–H groups in total. The molecule has 3 nitrogen and oxygen atoms in total. The lowest BCUT2D eigenvalue weighted by molar-refractivity contribution is -0.126. The number of amides is 1. The Balaban J connectivity index is 2.34. The molecule has 17 heavy (non-hydrogen) atoms. The number of carbonyl (C=O) groups is 1. The lowest BCUT2D eigenvalue weighted by Crippen LogP contribution is -2.42. The monoisotopic (exact) mass is 240 g/mol. The molecule has 1 aliphatic heterocycles. The van der Waals surface area contributed by atoms with Crippen molar-refractivity contribution in [2.75, 3.05) is 13.1 Å². The van der Waals surface area contributed by atoms with Crippen molar-refractivity contribution in [1.82, 2.24) is 10.6 Å². The van der Waals surface area contributed by atoms with Gasteiger partial charge in [-0.2, -0.15) is 0 Å². The summed E-state index contributed by atoms with van der Waals surface area (Å²) in [5.74, 6) is 1.09. The van der Waals surface area contributed by atoms with Crippen molar-refractivity contribution in [3.05, 3.63) is 0 Å². The van der Waals surface area contributed by atoms with Crippen LogP contribution in [0, 0.1) is 11.8 Å². The van der Waals surface area contributed by atoms with Crippen LogP contribution in [0.25, 0.3) is 0 Å². The molecule has 0 spiro atoms. The Morgan fingerprint density at radius 1 is 1.47 bits per heavy atom. The molecule has 3 atom stereocenters. The zero-order chi connectivity index (χ0) is 12.7. The van der Waals surface area contributed by atoms with E-state index in [1.54, 1.807) is 0 Å². The largest absolute Gasteiger partial charge is 0.353 e. The molecule has 3 heteroatoms. The van der Waals surface area contributed by atoms with Crippen molar-refractivity contribution in [2.24, 2.45) is 11.8 Å². The molecular formula is C14H28N2O. The van der Waals surface area contributed by atoms with Gasteiger partial charge in [0.15, 0.2) is 0 Å². The first-order chi connectivity index (χ1) is 8.19. The number of hydrogen-bond donors (Lipinski definition) is 2. The minimum atomic E-state index is 0.215.